The number of carbonyl (C=O) groups is 1. The average Bonchev–Trinajstić information content (AvgIpc) is 2.98. The van der Waals surface area contributed by atoms with E-state index in [4.69, 9.17) is 16.3 Å². The van der Waals surface area contributed by atoms with Crippen molar-refractivity contribution in [2.45, 2.75) is 18.6 Å². The smallest absolute Gasteiger partial charge is 0.327 e. The molecule has 2 aromatic rings. The highest BCUT2D eigenvalue weighted by Gasteiger charge is 2.39. The van der Waals surface area contributed by atoms with Crippen LogP contribution in [0.4, 0.5) is 0 Å². The van der Waals surface area contributed by atoms with E-state index in [1.54, 1.807) is 42.4 Å². The molecule has 1 aliphatic rings. The highest BCUT2D eigenvalue weighted by atomic mass is 35.5. The molecule has 3 rings (SSSR count). The summed E-state index contributed by atoms with van der Waals surface area (Å²) in [5.41, 5.74) is 2.08. The molecule has 1 heterocycles. The minimum atomic E-state index is -0.960. The molecule has 132 valence electrons. The summed E-state index contributed by atoms with van der Waals surface area (Å²) in [5.74, 6) is -0.812. The number of nitriles is 1. The Morgan fingerprint density at radius 1 is 1.27 bits per heavy atom. The van der Waals surface area contributed by atoms with Crippen LogP contribution in [0.3, 0.4) is 0 Å². The van der Waals surface area contributed by atoms with Gasteiger partial charge in [0.2, 0.25) is 0 Å². The molecule has 2 unspecified atom stereocenters. The van der Waals surface area contributed by atoms with Gasteiger partial charge in [0.05, 0.1) is 17.6 Å². The maximum Gasteiger partial charge on any atom is 0.327 e. The number of likely N-dealkylation sites (N-methyl/N-ethyl adjacent to an activating group) is 1. The molecule has 0 saturated carbocycles. The second-order valence-corrected chi connectivity index (χ2v) is 6.48. The topological polar surface area (TPSA) is 73.6 Å². The van der Waals surface area contributed by atoms with E-state index in [9.17, 15) is 15.2 Å². The number of carboxylic acids is 1. The van der Waals surface area contributed by atoms with Gasteiger partial charge in [0, 0.05) is 23.8 Å². The van der Waals surface area contributed by atoms with E-state index < -0.39 is 17.9 Å². The molecule has 6 heteroatoms. The van der Waals surface area contributed by atoms with Crippen LogP contribution in [0.2, 0.25) is 5.02 Å². The fraction of sp³-hybridized carbons (Fsp3) is 0.200. The van der Waals surface area contributed by atoms with Gasteiger partial charge in [-0.1, -0.05) is 41.9 Å². The Hall–Kier alpha value is -2.97. The van der Waals surface area contributed by atoms with Crippen LogP contribution in [0.1, 0.15) is 17.0 Å². The number of aliphatic carboxylic acids is 1. The number of nitrogens with zero attached hydrogens (tertiary/aromatic N) is 2. The van der Waals surface area contributed by atoms with Crippen LogP contribution in [0.25, 0.3) is 0 Å². The summed E-state index contributed by atoms with van der Waals surface area (Å²) in [7, 11) is 1.66. The Balaban J connectivity index is 1.76. The summed E-state index contributed by atoms with van der Waals surface area (Å²) in [6.45, 7) is 0.340. The lowest BCUT2D eigenvalue weighted by Gasteiger charge is -2.23. The number of hydrogen-bond donors (Lipinski definition) is 1. The standard InChI is InChI=1S/C20H17ClN2O3/c1-23-11-15(10-22)18(19(23)20(24)25)13-6-8-16(9-7-13)26-12-14-4-2-3-5-17(14)21/h2-9,11,18-19H,12H2,1H3,(H,24,25). The zero-order valence-corrected chi connectivity index (χ0v) is 14.8. The molecule has 0 aromatic heterocycles. The minimum absolute atomic E-state index is 0.340. The Kier molecular flexibility index (Phi) is 5.15. The van der Waals surface area contributed by atoms with Gasteiger partial charge in [-0.2, -0.15) is 5.26 Å². The molecule has 2 aromatic carbocycles. The number of rotatable bonds is 5. The second-order valence-electron chi connectivity index (χ2n) is 6.07. The van der Waals surface area contributed by atoms with E-state index in [1.165, 1.54) is 0 Å². The third-order valence-electron chi connectivity index (χ3n) is 4.41. The van der Waals surface area contributed by atoms with Crippen molar-refractivity contribution in [2.24, 2.45) is 0 Å². The van der Waals surface area contributed by atoms with Gasteiger partial charge < -0.3 is 14.7 Å². The van der Waals surface area contributed by atoms with E-state index in [2.05, 4.69) is 6.07 Å². The Bertz CT molecular complexity index is 887. The van der Waals surface area contributed by atoms with Gasteiger partial charge in [-0.15, -0.1) is 0 Å². The van der Waals surface area contributed by atoms with Gasteiger partial charge in [0.25, 0.3) is 0 Å². The van der Waals surface area contributed by atoms with E-state index in [-0.39, 0.29) is 0 Å². The monoisotopic (exact) mass is 368 g/mol. The van der Waals surface area contributed by atoms with Gasteiger partial charge in [-0.25, -0.2) is 4.79 Å². The third kappa shape index (κ3) is 3.51. The summed E-state index contributed by atoms with van der Waals surface area (Å²) in [4.78, 5) is 13.2. The first kappa shape index (κ1) is 17.8. The first-order valence-electron chi connectivity index (χ1n) is 8.04. The largest absolute Gasteiger partial charge is 0.489 e. The summed E-state index contributed by atoms with van der Waals surface area (Å²) in [6.07, 6.45) is 1.59. The maximum atomic E-state index is 11.6. The molecule has 2 atom stereocenters. The molecule has 0 amide bonds. The molecular formula is C20H17ClN2O3. The number of carboxylic acid groups (broad SMARTS) is 1. The number of ether oxygens (including phenoxy) is 1. The van der Waals surface area contributed by atoms with Gasteiger partial charge in [-0.05, 0) is 23.8 Å². The highest BCUT2D eigenvalue weighted by molar-refractivity contribution is 6.31. The zero-order valence-electron chi connectivity index (χ0n) is 14.1. The van der Waals surface area contributed by atoms with E-state index in [1.807, 2.05) is 24.3 Å². The third-order valence-corrected chi connectivity index (χ3v) is 4.77. The number of benzene rings is 2. The van der Waals surface area contributed by atoms with E-state index in [0.29, 0.717) is 23.0 Å². The van der Waals surface area contributed by atoms with Crippen LogP contribution in [0.5, 0.6) is 5.75 Å². The quantitative estimate of drug-likeness (QED) is 0.868. The van der Waals surface area contributed by atoms with Gasteiger partial charge >= 0.3 is 5.97 Å². The summed E-state index contributed by atoms with van der Waals surface area (Å²) in [6, 6.07) is 15.9. The van der Waals surface area contributed by atoms with Crippen molar-refractivity contribution in [1.29, 1.82) is 5.26 Å². The molecule has 26 heavy (non-hydrogen) atoms. The Morgan fingerprint density at radius 3 is 2.58 bits per heavy atom. The maximum absolute atomic E-state index is 11.6. The zero-order chi connectivity index (χ0) is 18.7. The van der Waals surface area contributed by atoms with Crippen molar-refractivity contribution in [1.82, 2.24) is 4.90 Å². The van der Waals surface area contributed by atoms with Crippen LogP contribution in [0, 0.1) is 11.3 Å². The van der Waals surface area contributed by atoms with Crippen LogP contribution in [-0.4, -0.2) is 29.1 Å². The van der Waals surface area contributed by atoms with Crippen molar-refractivity contribution in [2.75, 3.05) is 7.05 Å². The lowest BCUT2D eigenvalue weighted by molar-refractivity contribution is -0.141. The van der Waals surface area contributed by atoms with Gasteiger partial charge in [-0.3, -0.25) is 0 Å². The highest BCUT2D eigenvalue weighted by Crippen LogP contribution is 2.36. The van der Waals surface area contributed by atoms with Gasteiger partial charge in [0.1, 0.15) is 18.4 Å². The molecule has 0 saturated heterocycles. The normalized spacial score (nSPS) is 19.0. The molecule has 0 spiro atoms. The molecule has 1 N–H and O–H groups in total. The average molecular weight is 369 g/mol. The van der Waals surface area contributed by atoms with Crippen molar-refractivity contribution < 1.29 is 14.6 Å². The van der Waals surface area contributed by atoms with Crippen molar-refractivity contribution in [3.63, 3.8) is 0 Å². The molecule has 0 bridgehead atoms. The number of hydrogen-bond acceptors (Lipinski definition) is 4. The van der Waals surface area contributed by atoms with Crippen molar-refractivity contribution in [3.05, 3.63) is 76.5 Å². The summed E-state index contributed by atoms with van der Waals surface area (Å²) >= 11 is 6.12. The van der Waals surface area contributed by atoms with Crippen LogP contribution < -0.4 is 4.74 Å². The van der Waals surface area contributed by atoms with Crippen LogP contribution in [-0.2, 0) is 11.4 Å². The summed E-state index contributed by atoms with van der Waals surface area (Å²) < 4.78 is 5.75. The first-order chi connectivity index (χ1) is 12.5. The number of halogens is 1. The van der Waals surface area contributed by atoms with Crippen LogP contribution >= 0.6 is 11.6 Å². The second kappa shape index (κ2) is 7.51. The molecule has 0 fully saturated rings. The Labute approximate surface area is 156 Å². The predicted molar refractivity (Wildman–Crippen MR) is 97.8 cm³/mol. The predicted octanol–water partition coefficient (Wildman–Crippen LogP) is 3.81. The van der Waals surface area contributed by atoms with Gasteiger partial charge in [0.15, 0.2) is 0 Å². The van der Waals surface area contributed by atoms with E-state index >= 15 is 0 Å². The fourth-order valence-corrected chi connectivity index (χ4v) is 3.30. The summed E-state index contributed by atoms with van der Waals surface area (Å²) in [5, 5.41) is 19.5. The molecular weight excluding hydrogens is 352 g/mol. The van der Waals surface area contributed by atoms with E-state index in [0.717, 1.165) is 11.1 Å². The lowest BCUT2D eigenvalue weighted by Crippen LogP contribution is -2.36. The lowest BCUT2D eigenvalue weighted by atomic mass is 9.88. The SMILES string of the molecule is CN1C=C(C#N)C(c2ccc(OCc3ccccc3Cl)cc2)C1C(=O)O. The van der Waals surface area contributed by atoms with Crippen LogP contribution in [0.15, 0.2) is 60.3 Å². The molecule has 0 aliphatic carbocycles. The van der Waals surface area contributed by atoms with Crippen molar-refractivity contribution in [3.8, 4) is 11.8 Å². The minimum Gasteiger partial charge on any atom is -0.489 e. The Morgan fingerprint density at radius 2 is 1.96 bits per heavy atom. The molecule has 1 aliphatic heterocycles. The first-order valence-corrected chi connectivity index (χ1v) is 8.41. The van der Waals surface area contributed by atoms with Crippen molar-refractivity contribution >= 4 is 17.6 Å². The fourth-order valence-electron chi connectivity index (χ4n) is 3.11. The molecule has 5 nitrogen and oxygen atoms in total. The molecule has 0 radical (unpaired) electrons.